The third-order valence-corrected chi connectivity index (χ3v) is 5.65. The van der Waals surface area contributed by atoms with Gasteiger partial charge in [0.25, 0.3) is 0 Å². The monoisotopic (exact) mass is 382 g/mol. The molecule has 0 atom stereocenters. The number of imidazole rings is 1. The van der Waals surface area contributed by atoms with Crippen LogP contribution in [0, 0.1) is 11.3 Å². The van der Waals surface area contributed by atoms with E-state index >= 15 is 0 Å². The molecule has 0 spiro atoms. The Kier molecular flexibility index (Phi) is 4.59. The number of aromatic nitrogens is 3. The third kappa shape index (κ3) is 3.53. The summed E-state index contributed by atoms with van der Waals surface area (Å²) in [5, 5.41) is 12.7. The van der Waals surface area contributed by atoms with Crippen LogP contribution >= 0.6 is 0 Å². The standard InChI is InChI=1S/C23H22N6/c24-13-17-4-3-5-18(12-17)15-28-10-8-19(9-11-28)26-23-22-14-25-16-29(22)21-7-2-1-6-20(21)27-23/h1-7,12,14,16,19H,8-11,15H2,(H,26,27). The highest BCUT2D eigenvalue weighted by molar-refractivity contribution is 5.84. The van der Waals surface area contributed by atoms with E-state index in [4.69, 9.17) is 10.2 Å². The van der Waals surface area contributed by atoms with E-state index in [0.717, 1.165) is 60.4 Å². The number of nitrogens with one attached hydrogen (secondary N) is 1. The predicted octanol–water partition coefficient (Wildman–Crippen LogP) is 3.83. The molecule has 0 aliphatic carbocycles. The SMILES string of the molecule is N#Cc1cccc(CN2CCC(Nc3nc4ccccc4n4cncc34)CC2)c1. The Labute approximate surface area is 169 Å². The summed E-state index contributed by atoms with van der Waals surface area (Å²) < 4.78 is 2.10. The van der Waals surface area contributed by atoms with Crippen LogP contribution in [0.3, 0.4) is 0 Å². The fourth-order valence-corrected chi connectivity index (χ4v) is 4.13. The zero-order valence-corrected chi connectivity index (χ0v) is 16.1. The quantitative estimate of drug-likeness (QED) is 0.581. The zero-order chi connectivity index (χ0) is 19.6. The highest BCUT2D eigenvalue weighted by atomic mass is 15.2. The van der Waals surface area contributed by atoms with Gasteiger partial charge in [0.15, 0.2) is 5.82 Å². The lowest BCUT2D eigenvalue weighted by Crippen LogP contribution is -2.38. The Bertz CT molecular complexity index is 1200. The Hall–Kier alpha value is -3.43. The van der Waals surface area contributed by atoms with Crippen molar-refractivity contribution in [2.24, 2.45) is 0 Å². The molecule has 0 bridgehead atoms. The molecule has 1 fully saturated rings. The molecule has 0 saturated carbocycles. The fourth-order valence-electron chi connectivity index (χ4n) is 4.13. The van der Waals surface area contributed by atoms with E-state index in [0.29, 0.717) is 6.04 Å². The normalized spacial score (nSPS) is 15.6. The van der Waals surface area contributed by atoms with Gasteiger partial charge in [0.05, 0.1) is 35.2 Å². The second-order valence-corrected chi connectivity index (χ2v) is 7.60. The van der Waals surface area contributed by atoms with Crippen LogP contribution in [-0.4, -0.2) is 38.4 Å². The van der Waals surface area contributed by atoms with Crippen LogP contribution < -0.4 is 5.32 Å². The molecule has 2 aromatic heterocycles. The van der Waals surface area contributed by atoms with E-state index in [1.54, 1.807) is 0 Å². The van der Waals surface area contributed by atoms with Crippen molar-refractivity contribution in [3.63, 3.8) is 0 Å². The van der Waals surface area contributed by atoms with E-state index in [1.165, 1.54) is 5.56 Å². The van der Waals surface area contributed by atoms with Crippen molar-refractivity contribution in [1.29, 1.82) is 5.26 Å². The molecule has 1 aliphatic heterocycles. The van der Waals surface area contributed by atoms with Gasteiger partial charge in [-0.1, -0.05) is 24.3 Å². The molecule has 0 unspecified atom stereocenters. The Morgan fingerprint density at radius 2 is 1.93 bits per heavy atom. The number of nitriles is 1. The molecule has 6 heteroatoms. The Balaban J connectivity index is 1.28. The molecule has 144 valence electrons. The average molecular weight is 382 g/mol. The van der Waals surface area contributed by atoms with Gasteiger partial charge < -0.3 is 5.32 Å². The molecule has 1 saturated heterocycles. The first kappa shape index (κ1) is 17.7. The smallest absolute Gasteiger partial charge is 0.152 e. The van der Waals surface area contributed by atoms with E-state index < -0.39 is 0 Å². The van der Waals surface area contributed by atoms with Crippen LogP contribution in [0.2, 0.25) is 0 Å². The van der Waals surface area contributed by atoms with Crippen molar-refractivity contribution in [2.45, 2.75) is 25.4 Å². The van der Waals surface area contributed by atoms with Gasteiger partial charge in [0.1, 0.15) is 5.52 Å². The van der Waals surface area contributed by atoms with E-state index in [2.05, 4.69) is 37.8 Å². The van der Waals surface area contributed by atoms with Gasteiger partial charge in [-0.2, -0.15) is 5.26 Å². The molecule has 5 rings (SSSR count). The topological polar surface area (TPSA) is 69.2 Å². The summed E-state index contributed by atoms with van der Waals surface area (Å²) in [4.78, 5) is 11.6. The number of nitrogens with zero attached hydrogens (tertiary/aromatic N) is 5. The van der Waals surface area contributed by atoms with Crippen molar-refractivity contribution >= 4 is 22.4 Å². The summed E-state index contributed by atoms with van der Waals surface area (Å²) >= 11 is 0. The largest absolute Gasteiger partial charge is 0.365 e. The summed E-state index contributed by atoms with van der Waals surface area (Å²) in [5.41, 5.74) is 4.98. The van der Waals surface area contributed by atoms with Crippen molar-refractivity contribution in [2.75, 3.05) is 18.4 Å². The van der Waals surface area contributed by atoms with E-state index in [1.807, 2.05) is 48.9 Å². The molecule has 1 N–H and O–H groups in total. The van der Waals surface area contributed by atoms with Gasteiger partial charge in [-0.15, -0.1) is 0 Å². The second kappa shape index (κ2) is 7.53. The summed E-state index contributed by atoms with van der Waals surface area (Å²) in [5.74, 6) is 0.904. The number of benzene rings is 2. The zero-order valence-electron chi connectivity index (χ0n) is 16.1. The molecule has 0 amide bonds. The molecule has 6 nitrogen and oxygen atoms in total. The van der Waals surface area contributed by atoms with Crippen molar-refractivity contribution in [3.05, 3.63) is 72.2 Å². The van der Waals surface area contributed by atoms with E-state index in [-0.39, 0.29) is 0 Å². The summed E-state index contributed by atoms with van der Waals surface area (Å²) in [6, 6.07) is 18.7. The fraction of sp³-hybridized carbons (Fsp3) is 0.261. The number of hydrogen-bond acceptors (Lipinski definition) is 5. The Morgan fingerprint density at radius 1 is 1.07 bits per heavy atom. The van der Waals surface area contributed by atoms with Crippen LogP contribution in [0.25, 0.3) is 16.6 Å². The molecule has 0 radical (unpaired) electrons. The van der Waals surface area contributed by atoms with Gasteiger partial charge in [0, 0.05) is 25.7 Å². The van der Waals surface area contributed by atoms with Gasteiger partial charge in [-0.25, -0.2) is 9.97 Å². The maximum absolute atomic E-state index is 9.08. The van der Waals surface area contributed by atoms with Crippen LogP contribution in [-0.2, 0) is 6.54 Å². The highest BCUT2D eigenvalue weighted by Gasteiger charge is 2.21. The van der Waals surface area contributed by atoms with Crippen molar-refractivity contribution < 1.29 is 0 Å². The average Bonchev–Trinajstić information content (AvgIpc) is 3.26. The highest BCUT2D eigenvalue weighted by Crippen LogP contribution is 2.24. The molecule has 4 aromatic rings. The minimum Gasteiger partial charge on any atom is -0.365 e. The second-order valence-electron chi connectivity index (χ2n) is 7.60. The number of piperidine rings is 1. The molecule has 1 aliphatic rings. The maximum Gasteiger partial charge on any atom is 0.152 e. The van der Waals surface area contributed by atoms with E-state index in [9.17, 15) is 0 Å². The number of rotatable bonds is 4. The Morgan fingerprint density at radius 3 is 2.79 bits per heavy atom. The summed E-state index contributed by atoms with van der Waals surface area (Å²) in [6.45, 7) is 2.94. The van der Waals surface area contributed by atoms with Gasteiger partial charge in [0.2, 0.25) is 0 Å². The third-order valence-electron chi connectivity index (χ3n) is 5.65. The van der Waals surface area contributed by atoms with Crippen LogP contribution in [0.1, 0.15) is 24.0 Å². The lowest BCUT2D eigenvalue weighted by Gasteiger charge is -2.32. The first-order valence-corrected chi connectivity index (χ1v) is 9.99. The summed E-state index contributed by atoms with van der Waals surface area (Å²) in [6.07, 6.45) is 5.85. The first-order chi connectivity index (χ1) is 14.3. The molecular weight excluding hydrogens is 360 g/mol. The van der Waals surface area contributed by atoms with Crippen LogP contribution in [0.5, 0.6) is 0 Å². The van der Waals surface area contributed by atoms with Crippen LogP contribution in [0.15, 0.2) is 61.1 Å². The lowest BCUT2D eigenvalue weighted by molar-refractivity contribution is 0.211. The number of fused-ring (bicyclic) bond motifs is 3. The molecule has 3 heterocycles. The minimum absolute atomic E-state index is 0.393. The first-order valence-electron chi connectivity index (χ1n) is 9.99. The molecular formula is C23H22N6. The van der Waals surface area contributed by atoms with Crippen LogP contribution in [0.4, 0.5) is 5.82 Å². The minimum atomic E-state index is 0.393. The van der Waals surface area contributed by atoms with Gasteiger partial charge in [-0.3, -0.25) is 9.30 Å². The maximum atomic E-state index is 9.08. The number of likely N-dealkylation sites (tertiary alicyclic amines) is 1. The number of hydrogen-bond donors (Lipinski definition) is 1. The predicted molar refractivity (Wildman–Crippen MR) is 114 cm³/mol. The van der Waals surface area contributed by atoms with Gasteiger partial charge >= 0.3 is 0 Å². The molecule has 2 aromatic carbocycles. The van der Waals surface area contributed by atoms with Gasteiger partial charge in [-0.05, 0) is 42.7 Å². The van der Waals surface area contributed by atoms with Crippen molar-refractivity contribution in [3.8, 4) is 6.07 Å². The molecule has 29 heavy (non-hydrogen) atoms. The number of para-hydroxylation sites is 2. The lowest BCUT2D eigenvalue weighted by atomic mass is 10.0. The number of anilines is 1. The van der Waals surface area contributed by atoms with Crippen molar-refractivity contribution in [1.82, 2.24) is 19.3 Å². The summed E-state index contributed by atoms with van der Waals surface area (Å²) in [7, 11) is 0.